The molecule has 1 aromatic carbocycles. The summed E-state index contributed by atoms with van der Waals surface area (Å²) in [6.07, 6.45) is 0. The van der Waals surface area contributed by atoms with Gasteiger partial charge < -0.3 is 19.5 Å². The third kappa shape index (κ3) is 3.87. The Hall–Kier alpha value is -2.24. The fourth-order valence-corrected chi connectivity index (χ4v) is 1.89. The fraction of sp³-hybridized carbons (Fsp3) is 0.467. The van der Waals surface area contributed by atoms with Crippen molar-refractivity contribution in [3.05, 3.63) is 24.3 Å². The summed E-state index contributed by atoms with van der Waals surface area (Å²) in [7, 11) is 4.13. The van der Waals surface area contributed by atoms with E-state index < -0.39 is 23.4 Å². The van der Waals surface area contributed by atoms with Crippen LogP contribution in [0.5, 0.6) is 5.75 Å². The maximum Gasteiger partial charge on any atom is 0.329 e. The SMILES string of the molecule is COC(=O)C(Nc1ccc(OC)cc1)C(C)(C)C(=O)OC. The molecular weight excluding hydrogens is 274 g/mol. The summed E-state index contributed by atoms with van der Waals surface area (Å²) in [4.78, 5) is 23.9. The minimum Gasteiger partial charge on any atom is -0.497 e. The highest BCUT2D eigenvalue weighted by Crippen LogP contribution is 2.27. The first kappa shape index (κ1) is 16.8. The van der Waals surface area contributed by atoms with Gasteiger partial charge in [0, 0.05) is 5.69 Å². The first-order chi connectivity index (χ1) is 9.86. The quantitative estimate of drug-likeness (QED) is 0.807. The number of carbonyl (C=O) groups is 2. The van der Waals surface area contributed by atoms with Gasteiger partial charge in [-0.15, -0.1) is 0 Å². The Morgan fingerprint density at radius 1 is 1.05 bits per heavy atom. The third-order valence-corrected chi connectivity index (χ3v) is 3.27. The fourth-order valence-electron chi connectivity index (χ4n) is 1.89. The Balaban J connectivity index is 3.03. The molecule has 0 aromatic heterocycles. The number of hydrogen-bond acceptors (Lipinski definition) is 6. The van der Waals surface area contributed by atoms with Gasteiger partial charge in [-0.2, -0.15) is 0 Å². The predicted octanol–water partition coefficient (Wildman–Crippen LogP) is 1.85. The molecular formula is C15H21NO5. The molecule has 0 aliphatic carbocycles. The molecule has 1 unspecified atom stereocenters. The number of ether oxygens (including phenoxy) is 3. The Morgan fingerprint density at radius 2 is 1.62 bits per heavy atom. The Bertz CT molecular complexity index is 495. The lowest BCUT2D eigenvalue weighted by atomic mass is 9.84. The molecule has 0 amide bonds. The maximum absolute atomic E-state index is 12.0. The smallest absolute Gasteiger partial charge is 0.329 e. The first-order valence-electron chi connectivity index (χ1n) is 6.43. The van der Waals surface area contributed by atoms with Gasteiger partial charge >= 0.3 is 11.9 Å². The number of esters is 2. The lowest BCUT2D eigenvalue weighted by Crippen LogP contribution is -2.48. The number of benzene rings is 1. The van der Waals surface area contributed by atoms with E-state index >= 15 is 0 Å². The summed E-state index contributed by atoms with van der Waals surface area (Å²) in [5.74, 6) is -0.345. The lowest BCUT2D eigenvalue weighted by molar-refractivity contribution is -0.158. The van der Waals surface area contributed by atoms with Crippen molar-refractivity contribution < 1.29 is 23.8 Å². The van der Waals surface area contributed by atoms with Crippen LogP contribution in [0.4, 0.5) is 5.69 Å². The summed E-state index contributed by atoms with van der Waals surface area (Å²) in [6.45, 7) is 3.24. The molecule has 6 nitrogen and oxygen atoms in total. The normalized spacial score (nSPS) is 12.2. The van der Waals surface area contributed by atoms with Crippen LogP contribution in [0.3, 0.4) is 0 Å². The summed E-state index contributed by atoms with van der Waals surface area (Å²) < 4.78 is 14.6. The molecule has 0 aliphatic heterocycles. The van der Waals surface area contributed by atoms with Crippen LogP contribution in [0.2, 0.25) is 0 Å². The number of nitrogens with one attached hydrogen (secondary N) is 1. The first-order valence-corrected chi connectivity index (χ1v) is 6.43. The van der Waals surface area contributed by atoms with Crippen LogP contribution in [0, 0.1) is 5.41 Å². The number of hydrogen-bond donors (Lipinski definition) is 1. The second kappa shape index (κ2) is 6.97. The van der Waals surface area contributed by atoms with Gasteiger partial charge in [0.05, 0.1) is 26.7 Å². The van der Waals surface area contributed by atoms with Crippen LogP contribution >= 0.6 is 0 Å². The van der Waals surface area contributed by atoms with E-state index in [9.17, 15) is 9.59 Å². The molecule has 6 heteroatoms. The number of carbonyl (C=O) groups excluding carboxylic acids is 2. The average molecular weight is 295 g/mol. The van der Waals surface area contributed by atoms with Crippen LogP contribution in [0.1, 0.15) is 13.8 Å². The monoisotopic (exact) mass is 295 g/mol. The molecule has 0 saturated carbocycles. The largest absolute Gasteiger partial charge is 0.497 e. The van der Waals surface area contributed by atoms with Gasteiger partial charge in [-0.05, 0) is 38.1 Å². The van der Waals surface area contributed by atoms with Gasteiger partial charge in [-0.1, -0.05) is 0 Å². The second-order valence-corrected chi connectivity index (χ2v) is 5.04. The highest BCUT2D eigenvalue weighted by molar-refractivity contribution is 5.89. The minimum atomic E-state index is -1.08. The van der Waals surface area contributed by atoms with Gasteiger partial charge in [0.2, 0.25) is 0 Å². The zero-order valence-electron chi connectivity index (χ0n) is 12.9. The maximum atomic E-state index is 12.0. The van der Waals surface area contributed by atoms with Crippen LogP contribution < -0.4 is 10.1 Å². The number of anilines is 1. The van der Waals surface area contributed by atoms with Crippen molar-refractivity contribution in [1.82, 2.24) is 0 Å². The molecule has 116 valence electrons. The van der Waals surface area contributed by atoms with Gasteiger partial charge in [-0.3, -0.25) is 4.79 Å². The average Bonchev–Trinajstić information content (AvgIpc) is 2.51. The molecule has 0 bridgehead atoms. The molecule has 0 radical (unpaired) electrons. The molecule has 1 atom stereocenters. The van der Waals surface area contributed by atoms with Gasteiger partial charge in [0.15, 0.2) is 0 Å². The zero-order valence-corrected chi connectivity index (χ0v) is 12.9. The standard InChI is InChI=1S/C15H21NO5/c1-15(2,14(18)21-5)12(13(17)20-4)16-10-6-8-11(19-3)9-7-10/h6-9,12,16H,1-5H3. The molecule has 0 heterocycles. The van der Waals surface area contributed by atoms with Crippen molar-refractivity contribution in [3.63, 3.8) is 0 Å². The Kier molecular flexibility index (Phi) is 5.58. The van der Waals surface area contributed by atoms with Crippen molar-refractivity contribution in [1.29, 1.82) is 0 Å². The van der Waals surface area contributed by atoms with Crippen LogP contribution in [0.15, 0.2) is 24.3 Å². The highest BCUT2D eigenvalue weighted by atomic mass is 16.5. The summed E-state index contributed by atoms with van der Waals surface area (Å²) in [6, 6.07) is 6.14. The molecule has 1 rings (SSSR count). The zero-order chi connectivity index (χ0) is 16.0. The summed E-state index contributed by atoms with van der Waals surface area (Å²) >= 11 is 0. The number of rotatable bonds is 6. The van der Waals surface area contributed by atoms with Crippen LogP contribution in [0.25, 0.3) is 0 Å². The molecule has 0 fully saturated rings. The summed E-state index contributed by atoms with van der Waals surface area (Å²) in [5.41, 5.74) is -0.412. The van der Waals surface area contributed by atoms with E-state index in [1.807, 2.05) is 0 Å². The van der Waals surface area contributed by atoms with Crippen molar-refractivity contribution in [2.75, 3.05) is 26.6 Å². The molecule has 1 aromatic rings. The molecule has 0 aliphatic rings. The number of methoxy groups -OCH3 is 3. The van der Waals surface area contributed by atoms with E-state index in [0.29, 0.717) is 11.4 Å². The molecule has 0 saturated heterocycles. The van der Waals surface area contributed by atoms with E-state index in [1.165, 1.54) is 14.2 Å². The molecule has 0 spiro atoms. The predicted molar refractivity (Wildman–Crippen MR) is 78.2 cm³/mol. The van der Waals surface area contributed by atoms with Crippen molar-refractivity contribution in [2.24, 2.45) is 5.41 Å². The van der Waals surface area contributed by atoms with E-state index in [1.54, 1.807) is 45.2 Å². The minimum absolute atomic E-state index is 0.501. The van der Waals surface area contributed by atoms with Gasteiger partial charge in [0.1, 0.15) is 11.8 Å². The van der Waals surface area contributed by atoms with E-state index in [-0.39, 0.29) is 0 Å². The second-order valence-electron chi connectivity index (χ2n) is 5.04. The van der Waals surface area contributed by atoms with Crippen molar-refractivity contribution >= 4 is 17.6 Å². The van der Waals surface area contributed by atoms with Crippen LogP contribution in [-0.2, 0) is 19.1 Å². The third-order valence-electron chi connectivity index (χ3n) is 3.27. The van der Waals surface area contributed by atoms with E-state index in [0.717, 1.165) is 0 Å². The van der Waals surface area contributed by atoms with Gasteiger partial charge in [0.25, 0.3) is 0 Å². The molecule has 21 heavy (non-hydrogen) atoms. The van der Waals surface area contributed by atoms with Gasteiger partial charge in [-0.25, -0.2) is 4.79 Å². The Morgan fingerprint density at radius 3 is 2.05 bits per heavy atom. The van der Waals surface area contributed by atoms with Crippen molar-refractivity contribution in [3.8, 4) is 5.75 Å². The summed E-state index contributed by atoms with van der Waals surface area (Å²) in [5, 5.41) is 3.01. The van der Waals surface area contributed by atoms with Crippen LogP contribution in [-0.4, -0.2) is 39.3 Å². The Labute approximate surface area is 124 Å². The highest BCUT2D eigenvalue weighted by Gasteiger charge is 2.43. The van der Waals surface area contributed by atoms with Crippen molar-refractivity contribution in [2.45, 2.75) is 19.9 Å². The van der Waals surface area contributed by atoms with E-state index in [2.05, 4.69) is 5.32 Å². The topological polar surface area (TPSA) is 73.9 Å². The molecule has 1 N–H and O–H groups in total. The van der Waals surface area contributed by atoms with E-state index in [4.69, 9.17) is 14.2 Å². The lowest BCUT2D eigenvalue weighted by Gasteiger charge is -2.30.